The Morgan fingerprint density at radius 2 is 1.86 bits per heavy atom. The van der Waals surface area contributed by atoms with Crippen molar-refractivity contribution >= 4 is 11.8 Å². The molecule has 0 N–H and O–H groups in total. The molecule has 2 aromatic carbocycles. The third-order valence-corrected chi connectivity index (χ3v) is 6.41. The molecule has 1 unspecified atom stereocenters. The fourth-order valence-corrected chi connectivity index (χ4v) is 4.80. The van der Waals surface area contributed by atoms with E-state index >= 15 is 0 Å². The van der Waals surface area contributed by atoms with E-state index in [0.29, 0.717) is 36.6 Å². The van der Waals surface area contributed by atoms with E-state index in [4.69, 9.17) is 0 Å². The van der Waals surface area contributed by atoms with E-state index in [1.807, 2.05) is 12.1 Å². The van der Waals surface area contributed by atoms with Crippen molar-refractivity contribution < 1.29 is 13.2 Å². The Morgan fingerprint density at radius 1 is 1.10 bits per heavy atom. The molecule has 1 aromatic heterocycles. The molecular weight excluding hydrogens is 395 g/mol. The summed E-state index contributed by atoms with van der Waals surface area (Å²) in [6, 6.07) is 14.0. The monoisotopic (exact) mass is 417 g/mol. The Kier molecular flexibility index (Phi) is 5.67. The van der Waals surface area contributed by atoms with Gasteiger partial charge in [-0.1, -0.05) is 36.4 Å². The maximum absolute atomic E-state index is 13.5. The topological polar surface area (TPSA) is 30.7 Å². The molecule has 4 rings (SSSR count). The van der Waals surface area contributed by atoms with Crippen LogP contribution in [0.25, 0.3) is 0 Å². The van der Waals surface area contributed by atoms with Crippen LogP contribution in [0.15, 0.2) is 53.4 Å². The molecule has 0 amide bonds. The van der Waals surface area contributed by atoms with Gasteiger partial charge in [0.05, 0.1) is 5.56 Å². The van der Waals surface area contributed by atoms with E-state index in [1.54, 1.807) is 28.6 Å². The molecule has 0 spiro atoms. The second-order valence-electron chi connectivity index (χ2n) is 7.25. The van der Waals surface area contributed by atoms with Gasteiger partial charge in [-0.05, 0) is 43.0 Å². The molecule has 1 aliphatic rings. The number of nitrogens with zero attached hydrogens (tertiary/aromatic N) is 3. The number of hydrogen-bond donors (Lipinski definition) is 0. The van der Waals surface area contributed by atoms with E-state index in [9.17, 15) is 13.2 Å². The summed E-state index contributed by atoms with van der Waals surface area (Å²) in [5.41, 5.74) is 0.964. The summed E-state index contributed by atoms with van der Waals surface area (Å²) in [5, 5.41) is 4.58. The predicted octanol–water partition coefficient (Wildman–Crippen LogP) is 5.87. The lowest BCUT2D eigenvalue weighted by Gasteiger charge is -2.25. The lowest BCUT2D eigenvalue weighted by atomic mass is 9.88. The molecule has 0 saturated carbocycles. The minimum atomic E-state index is -4.37. The smallest absolute Gasteiger partial charge is 0.249 e. The number of rotatable bonds is 5. The largest absolute Gasteiger partial charge is 0.416 e. The molecule has 0 bridgehead atoms. The number of aromatic nitrogens is 3. The fraction of sp³-hybridized carbons (Fsp3) is 0.364. The quantitative estimate of drug-likeness (QED) is 0.487. The summed E-state index contributed by atoms with van der Waals surface area (Å²) < 4.78 is 42.3. The molecule has 152 valence electrons. The van der Waals surface area contributed by atoms with Gasteiger partial charge in [-0.25, -0.2) is 9.67 Å². The Morgan fingerprint density at radius 3 is 2.66 bits per heavy atom. The van der Waals surface area contributed by atoms with Gasteiger partial charge in [0.15, 0.2) is 5.82 Å². The standard InChI is InChI=1S/C22H22F3N3S/c1-15-7-2-5-11-19(15)29-14-12-20-26-21-17(9-6-13-28(21)27-20)16-8-3-4-10-18(16)22(23,24)25/h2-5,7-8,10-11,17H,6,9,12-14H2,1H3. The SMILES string of the molecule is Cc1ccccc1SCCc1nc2n(n1)CCCC2c1ccccc1C(F)(F)F. The van der Waals surface area contributed by atoms with Gasteiger partial charge in [0.1, 0.15) is 5.82 Å². The van der Waals surface area contributed by atoms with Crippen molar-refractivity contribution in [2.75, 3.05) is 5.75 Å². The fourth-order valence-electron chi connectivity index (χ4n) is 3.83. The molecule has 3 aromatic rings. The average molecular weight is 418 g/mol. The van der Waals surface area contributed by atoms with Crippen LogP contribution in [0.5, 0.6) is 0 Å². The van der Waals surface area contributed by atoms with Gasteiger partial charge in [-0.2, -0.15) is 18.3 Å². The van der Waals surface area contributed by atoms with E-state index in [0.717, 1.165) is 18.2 Å². The van der Waals surface area contributed by atoms with Crippen molar-refractivity contribution in [2.24, 2.45) is 0 Å². The van der Waals surface area contributed by atoms with Gasteiger partial charge >= 0.3 is 6.18 Å². The van der Waals surface area contributed by atoms with Gasteiger partial charge in [-0.15, -0.1) is 11.8 Å². The van der Waals surface area contributed by atoms with E-state index in [2.05, 4.69) is 29.1 Å². The van der Waals surface area contributed by atoms with Gasteiger partial charge in [-0.3, -0.25) is 0 Å². The number of benzene rings is 2. The summed E-state index contributed by atoms with van der Waals surface area (Å²) in [6.07, 6.45) is -2.23. The van der Waals surface area contributed by atoms with E-state index < -0.39 is 11.7 Å². The van der Waals surface area contributed by atoms with Crippen LogP contribution in [-0.4, -0.2) is 20.5 Å². The Balaban J connectivity index is 1.54. The second-order valence-corrected chi connectivity index (χ2v) is 8.39. The van der Waals surface area contributed by atoms with Crippen LogP contribution >= 0.6 is 11.8 Å². The van der Waals surface area contributed by atoms with Crippen molar-refractivity contribution in [1.29, 1.82) is 0 Å². The first-order valence-corrected chi connectivity index (χ1v) is 10.7. The Hall–Kier alpha value is -2.28. The number of thioether (sulfide) groups is 1. The van der Waals surface area contributed by atoms with Crippen molar-refractivity contribution in [3.63, 3.8) is 0 Å². The highest BCUT2D eigenvalue weighted by Gasteiger charge is 2.37. The van der Waals surface area contributed by atoms with Crippen molar-refractivity contribution in [3.8, 4) is 0 Å². The highest BCUT2D eigenvalue weighted by atomic mass is 32.2. The van der Waals surface area contributed by atoms with Crippen LogP contribution in [0.4, 0.5) is 13.2 Å². The molecule has 0 radical (unpaired) electrons. The van der Waals surface area contributed by atoms with Crippen LogP contribution in [0, 0.1) is 6.92 Å². The first kappa shape index (κ1) is 20.0. The van der Waals surface area contributed by atoms with E-state index in [1.165, 1.54) is 16.5 Å². The zero-order chi connectivity index (χ0) is 20.4. The molecular formula is C22H22F3N3S. The number of halogens is 3. The molecule has 7 heteroatoms. The number of alkyl halides is 3. The third kappa shape index (κ3) is 4.34. The molecule has 29 heavy (non-hydrogen) atoms. The van der Waals surface area contributed by atoms with Gasteiger partial charge in [0.2, 0.25) is 0 Å². The van der Waals surface area contributed by atoms with Crippen LogP contribution in [0.1, 0.15) is 47.1 Å². The molecule has 2 heterocycles. The molecule has 1 aliphatic heterocycles. The van der Waals surface area contributed by atoms with Gasteiger partial charge in [0, 0.05) is 29.5 Å². The maximum atomic E-state index is 13.5. The van der Waals surface area contributed by atoms with Crippen LogP contribution in [0.3, 0.4) is 0 Å². The van der Waals surface area contributed by atoms with E-state index in [-0.39, 0.29) is 5.92 Å². The lowest BCUT2D eigenvalue weighted by molar-refractivity contribution is -0.138. The minimum Gasteiger partial charge on any atom is -0.249 e. The zero-order valence-corrected chi connectivity index (χ0v) is 16.9. The Bertz CT molecular complexity index is 997. The van der Waals surface area contributed by atoms with Crippen molar-refractivity contribution in [2.45, 2.75) is 49.7 Å². The molecule has 0 fully saturated rings. The van der Waals surface area contributed by atoms with Crippen molar-refractivity contribution in [3.05, 3.63) is 76.9 Å². The molecule has 1 atom stereocenters. The highest BCUT2D eigenvalue weighted by molar-refractivity contribution is 7.99. The Labute approximate surface area is 172 Å². The maximum Gasteiger partial charge on any atom is 0.416 e. The zero-order valence-electron chi connectivity index (χ0n) is 16.1. The first-order valence-electron chi connectivity index (χ1n) is 9.71. The second kappa shape index (κ2) is 8.22. The average Bonchev–Trinajstić information content (AvgIpc) is 3.12. The number of aryl methyl sites for hydroxylation is 3. The van der Waals surface area contributed by atoms with Gasteiger partial charge < -0.3 is 0 Å². The summed E-state index contributed by atoms with van der Waals surface area (Å²) in [4.78, 5) is 5.89. The first-order chi connectivity index (χ1) is 13.9. The normalized spacial score (nSPS) is 16.6. The molecule has 0 saturated heterocycles. The highest BCUT2D eigenvalue weighted by Crippen LogP contribution is 2.40. The summed E-state index contributed by atoms with van der Waals surface area (Å²) in [6.45, 7) is 2.79. The predicted molar refractivity (Wildman–Crippen MR) is 108 cm³/mol. The summed E-state index contributed by atoms with van der Waals surface area (Å²) in [5.74, 6) is 1.83. The molecule has 3 nitrogen and oxygen atoms in total. The third-order valence-electron chi connectivity index (χ3n) is 5.24. The van der Waals surface area contributed by atoms with Gasteiger partial charge in [0.25, 0.3) is 0 Å². The van der Waals surface area contributed by atoms with Crippen LogP contribution in [-0.2, 0) is 19.1 Å². The minimum absolute atomic E-state index is 0.300. The lowest BCUT2D eigenvalue weighted by Crippen LogP contribution is -2.21. The number of hydrogen-bond acceptors (Lipinski definition) is 3. The van der Waals surface area contributed by atoms with Crippen LogP contribution in [0.2, 0.25) is 0 Å². The summed E-state index contributed by atoms with van der Waals surface area (Å²) >= 11 is 1.75. The number of fused-ring (bicyclic) bond motifs is 1. The van der Waals surface area contributed by atoms with Crippen molar-refractivity contribution in [1.82, 2.24) is 14.8 Å². The summed E-state index contributed by atoms with van der Waals surface area (Å²) in [7, 11) is 0. The van der Waals surface area contributed by atoms with Crippen LogP contribution < -0.4 is 0 Å². The molecule has 0 aliphatic carbocycles.